The van der Waals surface area contributed by atoms with Gasteiger partial charge in [0.25, 0.3) is 0 Å². The molecule has 0 spiro atoms. The minimum Gasteiger partial charge on any atom is -0.478 e. The Morgan fingerprint density at radius 3 is 2.53 bits per heavy atom. The van der Waals surface area contributed by atoms with Gasteiger partial charge in [-0.25, -0.2) is 9.48 Å². The lowest BCUT2D eigenvalue weighted by Crippen LogP contribution is -2.09. The summed E-state index contributed by atoms with van der Waals surface area (Å²) in [7, 11) is 0. The quantitative estimate of drug-likeness (QED) is 0.881. The van der Waals surface area contributed by atoms with Crippen molar-refractivity contribution in [1.82, 2.24) is 15.0 Å². The number of hydrogen-bond donors (Lipinski definition) is 1. The molecule has 2 rings (SSSR count). The molecule has 0 atom stereocenters. The highest BCUT2D eigenvalue weighted by molar-refractivity contribution is 5.88. The number of nitrogens with zero attached hydrogens (tertiary/aromatic N) is 3. The average Bonchev–Trinajstić information content (AvgIpc) is 2.87. The molecule has 1 heterocycles. The molecule has 19 heavy (non-hydrogen) atoms. The Morgan fingerprint density at radius 2 is 1.95 bits per heavy atom. The van der Waals surface area contributed by atoms with Crippen LogP contribution in [0.4, 0.5) is 0 Å². The number of carbonyl (C=O) groups excluding carboxylic acids is 1. The van der Waals surface area contributed by atoms with Gasteiger partial charge >= 0.3 is 5.97 Å². The van der Waals surface area contributed by atoms with Crippen LogP contribution in [-0.4, -0.2) is 31.9 Å². The Morgan fingerprint density at radius 1 is 1.26 bits per heavy atom. The van der Waals surface area contributed by atoms with Crippen molar-refractivity contribution in [3.8, 4) is 11.3 Å². The van der Waals surface area contributed by atoms with E-state index in [9.17, 15) is 9.59 Å². The lowest BCUT2D eigenvalue weighted by molar-refractivity contribution is -0.119. The number of rotatable bonds is 5. The maximum Gasteiger partial charge on any atom is 0.335 e. The first kappa shape index (κ1) is 12.9. The first-order chi connectivity index (χ1) is 9.10. The fourth-order valence-electron chi connectivity index (χ4n) is 1.58. The molecular formula is C13H13N3O3. The lowest BCUT2D eigenvalue weighted by Gasteiger charge is -1.97. The first-order valence-electron chi connectivity index (χ1n) is 5.85. The molecule has 2 aromatic rings. The van der Waals surface area contributed by atoms with Crippen molar-refractivity contribution < 1.29 is 14.7 Å². The number of ketones is 1. The second-order valence-corrected chi connectivity index (χ2v) is 4.08. The SMILES string of the molecule is CCC(=O)Cn1cc(-c2ccc(C(=O)O)cc2)nn1. The average molecular weight is 259 g/mol. The van der Waals surface area contributed by atoms with E-state index in [4.69, 9.17) is 5.11 Å². The maximum absolute atomic E-state index is 11.3. The van der Waals surface area contributed by atoms with E-state index in [0.29, 0.717) is 12.1 Å². The highest BCUT2D eigenvalue weighted by atomic mass is 16.4. The number of benzene rings is 1. The standard InChI is InChI=1S/C13H13N3O3/c1-2-11(17)7-16-8-12(14-15-16)9-3-5-10(6-4-9)13(18)19/h3-6,8H,2,7H2,1H3,(H,18,19). The fourth-order valence-corrected chi connectivity index (χ4v) is 1.58. The molecule has 1 N–H and O–H groups in total. The number of carbonyl (C=O) groups is 2. The third-order valence-electron chi connectivity index (χ3n) is 2.70. The van der Waals surface area contributed by atoms with E-state index >= 15 is 0 Å². The van der Waals surface area contributed by atoms with Crippen LogP contribution in [0.5, 0.6) is 0 Å². The van der Waals surface area contributed by atoms with Crippen LogP contribution in [0.15, 0.2) is 30.5 Å². The molecule has 6 nitrogen and oxygen atoms in total. The maximum atomic E-state index is 11.3. The van der Waals surface area contributed by atoms with E-state index in [1.165, 1.54) is 16.8 Å². The number of hydrogen-bond acceptors (Lipinski definition) is 4. The summed E-state index contributed by atoms with van der Waals surface area (Å²) in [5, 5.41) is 16.6. The summed E-state index contributed by atoms with van der Waals surface area (Å²) in [6.07, 6.45) is 2.13. The van der Waals surface area contributed by atoms with Crippen LogP contribution in [-0.2, 0) is 11.3 Å². The number of carboxylic acids is 1. The molecule has 0 aliphatic heterocycles. The zero-order valence-electron chi connectivity index (χ0n) is 10.4. The van der Waals surface area contributed by atoms with Crippen LogP contribution < -0.4 is 0 Å². The van der Waals surface area contributed by atoms with Gasteiger partial charge in [0.1, 0.15) is 12.2 Å². The number of aromatic carboxylic acids is 1. The third-order valence-corrected chi connectivity index (χ3v) is 2.70. The van der Waals surface area contributed by atoms with Gasteiger partial charge < -0.3 is 5.11 Å². The normalized spacial score (nSPS) is 10.4. The van der Waals surface area contributed by atoms with Crippen molar-refractivity contribution >= 4 is 11.8 Å². The van der Waals surface area contributed by atoms with Crippen LogP contribution in [0.1, 0.15) is 23.7 Å². The Hall–Kier alpha value is -2.50. The van der Waals surface area contributed by atoms with Gasteiger partial charge in [0.05, 0.1) is 11.8 Å². The minimum atomic E-state index is -0.969. The predicted molar refractivity (Wildman–Crippen MR) is 67.7 cm³/mol. The number of Topliss-reactive ketones (excluding diaryl/α,β-unsaturated/α-hetero) is 1. The van der Waals surface area contributed by atoms with E-state index in [1.54, 1.807) is 25.3 Å². The Labute approximate surface area is 109 Å². The van der Waals surface area contributed by atoms with E-state index < -0.39 is 5.97 Å². The van der Waals surface area contributed by atoms with Gasteiger partial charge in [-0.15, -0.1) is 5.10 Å². The molecule has 0 aliphatic carbocycles. The zero-order chi connectivity index (χ0) is 13.8. The Kier molecular flexibility index (Phi) is 3.70. The Balaban J connectivity index is 2.18. The van der Waals surface area contributed by atoms with Crippen LogP contribution in [0.25, 0.3) is 11.3 Å². The second kappa shape index (κ2) is 5.43. The third kappa shape index (κ3) is 3.04. The fraction of sp³-hybridized carbons (Fsp3) is 0.231. The van der Waals surface area contributed by atoms with Crippen molar-refractivity contribution in [3.05, 3.63) is 36.0 Å². The minimum absolute atomic E-state index is 0.0812. The molecule has 98 valence electrons. The van der Waals surface area contributed by atoms with Crippen LogP contribution in [0.3, 0.4) is 0 Å². The van der Waals surface area contributed by atoms with Gasteiger partial charge in [-0.05, 0) is 12.1 Å². The van der Waals surface area contributed by atoms with Crippen molar-refractivity contribution in [1.29, 1.82) is 0 Å². The molecule has 0 aliphatic rings. The van der Waals surface area contributed by atoms with E-state index in [0.717, 1.165) is 5.56 Å². The van der Waals surface area contributed by atoms with Gasteiger partial charge in [-0.3, -0.25) is 4.79 Å². The van der Waals surface area contributed by atoms with Crippen molar-refractivity contribution in [3.63, 3.8) is 0 Å². The second-order valence-electron chi connectivity index (χ2n) is 4.08. The molecule has 0 saturated carbocycles. The van der Waals surface area contributed by atoms with E-state index in [-0.39, 0.29) is 17.9 Å². The molecule has 0 bridgehead atoms. The predicted octanol–water partition coefficient (Wildman–Crippen LogP) is 1.62. The molecule has 0 unspecified atom stereocenters. The molecule has 0 saturated heterocycles. The molecule has 0 radical (unpaired) electrons. The van der Waals surface area contributed by atoms with Crippen LogP contribution in [0.2, 0.25) is 0 Å². The molecular weight excluding hydrogens is 246 g/mol. The smallest absolute Gasteiger partial charge is 0.335 e. The summed E-state index contributed by atoms with van der Waals surface area (Å²) in [5.41, 5.74) is 1.60. The van der Waals surface area contributed by atoms with Gasteiger partial charge in [0, 0.05) is 12.0 Å². The van der Waals surface area contributed by atoms with Crippen LogP contribution in [0, 0.1) is 0 Å². The van der Waals surface area contributed by atoms with E-state index in [1.807, 2.05) is 0 Å². The van der Waals surface area contributed by atoms with Crippen molar-refractivity contribution in [2.24, 2.45) is 0 Å². The number of aromatic nitrogens is 3. The van der Waals surface area contributed by atoms with Gasteiger partial charge in [-0.1, -0.05) is 24.3 Å². The molecule has 0 amide bonds. The van der Waals surface area contributed by atoms with Gasteiger partial charge in [0.2, 0.25) is 0 Å². The molecule has 1 aromatic heterocycles. The highest BCUT2D eigenvalue weighted by Gasteiger charge is 2.08. The van der Waals surface area contributed by atoms with Crippen molar-refractivity contribution in [2.75, 3.05) is 0 Å². The lowest BCUT2D eigenvalue weighted by atomic mass is 10.1. The topological polar surface area (TPSA) is 85.1 Å². The summed E-state index contributed by atoms with van der Waals surface area (Å²) < 4.78 is 1.48. The summed E-state index contributed by atoms with van der Waals surface area (Å²) in [5.74, 6) is -0.888. The van der Waals surface area contributed by atoms with Crippen LogP contribution >= 0.6 is 0 Å². The van der Waals surface area contributed by atoms with Gasteiger partial charge in [0.15, 0.2) is 5.78 Å². The first-order valence-corrected chi connectivity index (χ1v) is 5.85. The number of carboxylic acid groups (broad SMARTS) is 1. The van der Waals surface area contributed by atoms with E-state index in [2.05, 4.69) is 10.3 Å². The summed E-state index contributed by atoms with van der Waals surface area (Å²) >= 11 is 0. The highest BCUT2D eigenvalue weighted by Crippen LogP contribution is 2.16. The summed E-state index contributed by atoms with van der Waals surface area (Å²) in [6, 6.07) is 6.35. The largest absolute Gasteiger partial charge is 0.478 e. The molecule has 6 heteroatoms. The Bertz CT molecular complexity index is 602. The monoisotopic (exact) mass is 259 g/mol. The molecule has 0 fully saturated rings. The van der Waals surface area contributed by atoms with Gasteiger partial charge in [-0.2, -0.15) is 0 Å². The summed E-state index contributed by atoms with van der Waals surface area (Å²) in [4.78, 5) is 22.0. The molecule has 1 aromatic carbocycles. The zero-order valence-corrected chi connectivity index (χ0v) is 10.4. The summed E-state index contributed by atoms with van der Waals surface area (Å²) in [6.45, 7) is 2.00. The van der Waals surface area contributed by atoms with Crippen molar-refractivity contribution in [2.45, 2.75) is 19.9 Å².